The molecule has 6 heteroatoms. The van der Waals surface area contributed by atoms with Crippen molar-refractivity contribution in [1.29, 1.82) is 0 Å². The van der Waals surface area contributed by atoms with Gasteiger partial charge >= 0.3 is 0 Å². The molecule has 3 aliphatic carbocycles. The first-order chi connectivity index (χ1) is 15.3. The number of anilines is 3. The second-order valence-corrected chi connectivity index (χ2v) is 10.7. The van der Waals surface area contributed by atoms with Crippen molar-refractivity contribution in [3.8, 4) is 0 Å². The quantitative estimate of drug-likeness (QED) is 0.732. The van der Waals surface area contributed by atoms with Crippen LogP contribution >= 0.6 is 0 Å². The van der Waals surface area contributed by atoms with Crippen LogP contribution in [-0.2, 0) is 0 Å². The minimum Gasteiger partial charge on any atom is -0.356 e. The fraction of sp³-hybridized carbons (Fsp3) is 0.640. The molecule has 7 rings (SSSR count). The van der Waals surface area contributed by atoms with Gasteiger partial charge in [0.15, 0.2) is 0 Å². The Morgan fingerprint density at radius 1 is 0.806 bits per heavy atom. The number of likely N-dealkylation sites (tertiary alicyclic amines) is 1. The van der Waals surface area contributed by atoms with Gasteiger partial charge in [-0.05, 0) is 74.0 Å². The van der Waals surface area contributed by atoms with Crippen LogP contribution < -0.4 is 10.2 Å². The summed E-state index contributed by atoms with van der Waals surface area (Å²) in [7, 11) is 0. The molecule has 2 aromatic heterocycles. The first kappa shape index (κ1) is 18.4. The molecule has 0 aromatic carbocycles. The van der Waals surface area contributed by atoms with Crippen molar-refractivity contribution in [2.45, 2.75) is 50.4 Å². The van der Waals surface area contributed by atoms with Crippen molar-refractivity contribution >= 4 is 17.5 Å². The number of nitrogens with one attached hydrogen (secondary N) is 1. The molecule has 31 heavy (non-hydrogen) atoms. The van der Waals surface area contributed by atoms with Gasteiger partial charge in [-0.15, -0.1) is 0 Å². The zero-order valence-corrected chi connectivity index (χ0v) is 18.2. The number of hydrogen-bond acceptors (Lipinski definition) is 6. The third-order valence-corrected chi connectivity index (χ3v) is 8.21. The molecule has 0 radical (unpaired) electrons. The van der Waals surface area contributed by atoms with Crippen LogP contribution in [0.5, 0.6) is 0 Å². The van der Waals surface area contributed by atoms with E-state index in [2.05, 4.69) is 37.2 Å². The Morgan fingerprint density at radius 3 is 2.26 bits per heavy atom. The van der Waals surface area contributed by atoms with Gasteiger partial charge in [0.05, 0.1) is 18.1 Å². The van der Waals surface area contributed by atoms with Gasteiger partial charge in [0, 0.05) is 44.6 Å². The molecule has 2 unspecified atom stereocenters. The maximum Gasteiger partial charge on any atom is 0.150 e. The zero-order valence-electron chi connectivity index (χ0n) is 18.2. The number of rotatable bonds is 7. The normalized spacial score (nSPS) is 28.2. The van der Waals surface area contributed by atoms with E-state index in [9.17, 15) is 0 Å². The van der Waals surface area contributed by atoms with Gasteiger partial charge < -0.3 is 15.1 Å². The van der Waals surface area contributed by atoms with Gasteiger partial charge in [-0.1, -0.05) is 0 Å². The van der Waals surface area contributed by atoms with Crippen molar-refractivity contribution in [2.24, 2.45) is 17.8 Å². The van der Waals surface area contributed by atoms with Crippen molar-refractivity contribution < 1.29 is 0 Å². The van der Waals surface area contributed by atoms with Gasteiger partial charge in [-0.3, -0.25) is 4.98 Å². The summed E-state index contributed by atoms with van der Waals surface area (Å²) in [5, 5.41) is 3.46. The number of fused-ring (bicyclic) bond motifs is 1. The summed E-state index contributed by atoms with van der Waals surface area (Å²) in [5.74, 6) is 6.88. The minimum atomic E-state index is 0.628. The third-order valence-electron chi connectivity index (χ3n) is 8.21. The fourth-order valence-electron chi connectivity index (χ4n) is 5.66. The second kappa shape index (κ2) is 7.16. The van der Waals surface area contributed by atoms with Crippen molar-refractivity contribution in [3.05, 3.63) is 35.8 Å². The van der Waals surface area contributed by atoms with E-state index < -0.39 is 0 Å². The summed E-state index contributed by atoms with van der Waals surface area (Å²) in [4.78, 5) is 19.4. The average Bonchev–Trinajstić information content (AvgIpc) is 3.65. The van der Waals surface area contributed by atoms with Crippen LogP contribution in [0.25, 0.3) is 0 Å². The van der Waals surface area contributed by atoms with Crippen LogP contribution in [-0.4, -0.2) is 52.6 Å². The maximum atomic E-state index is 5.03. The molecule has 0 amide bonds. The molecular weight excluding hydrogens is 384 g/mol. The van der Waals surface area contributed by atoms with Crippen LogP contribution in [0.2, 0.25) is 0 Å². The highest BCUT2D eigenvalue weighted by Gasteiger charge is 2.40. The molecule has 6 nitrogen and oxygen atoms in total. The summed E-state index contributed by atoms with van der Waals surface area (Å²) in [6.07, 6.45) is 12.0. The van der Waals surface area contributed by atoms with E-state index in [-0.39, 0.29) is 0 Å². The van der Waals surface area contributed by atoms with Gasteiger partial charge in [-0.2, -0.15) is 0 Å². The Bertz CT molecular complexity index is 948. The van der Waals surface area contributed by atoms with Gasteiger partial charge in [0.25, 0.3) is 0 Å². The summed E-state index contributed by atoms with van der Waals surface area (Å²) < 4.78 is 0. The maximum absolute atomic E-state index is 5.03. The molecule has 2 aromatic rings. The van der Waals surface area contributed by atoms with E-state index >= 15 is 0 Å². The van der Waals surface area contributed by atoms with Crippen molar-refractivity contribution in [1.82, 2.24) is 19.9 Å². The van der Waals surface area contributed by atoms with E-state index in [4.69, 9.17) is 4.98 Å². The van der Waals surface area contributed by atoms with E-state index in [1.54, 1.807) is 0 Å². The van der Waals surface area contributed by atoms with Crippen molar-refractivity contribution in [3.63, 3.8) is 0 Å². The Morgan fingerprint density at radius 2 is 1.61 bits per heavy atom. The monoisotopic (exact) mass is 416 g/mol. The summed E-state index contributed by atoms with van der Waals surface area (Å²) in [5.41, 5.74) is 2.56. The molecule has 0 spiro atoms. The van der Waals surface area contributed by atoms with Crippen LogP contribution in [0, 0.1) is 17.8 Å². The molecule has 5 fully saturated rings. The van der Waals surface area contributed by atoms with E-state index in [1.807, 2.05) is 12.4 Å². The second-order valence-electron chi connectivity index (χ2n) is 10.7. The SMILES string of the molecule is c1nc(C2CC2)cnc1Nc1cc(C2CN(CC3CC3)C2)cc(N2CC3CCC3C2)n1. The van der Waals surface area contributed by atoms with Crippen LogP contribution in [0.15, 0.2) is 24.5 Å². The molecule has 4 heterocycles. The zero-order chi connectivity index (χ0) is 20.4. The smallest absolute Gasteiger partial charge is 0.150 e. The number of aromatic nitrogens is 3. The number of pyridine rings is 1. The molecule has 5 aliphatic rings. The first-order valence-corrected chi connectivity index (χ1v) is 12.3. The topological polar surface area (TPSA) is 57.2 Å². The molecular formula is C25H32N6. The summed E-state index contributed by atoms with van der Waals surface area (Å²) in [6, 6.07) is 4.63. The van der Waals surface area contributed by atoms with E-state index in [1.165, 1.54) is 76.8 Å². The lowest BCUT2D eigenvalue weighted by molar-refractivity contribution is 0.141. The lowest BCUT2D eigenvalue weighted by Crippen LogP contribution is -2.45. The van der Waals surface area contributed by atoms with Crippen LogP contribution in [0.1, 0.15) is 61.6 Å². The lowest BCUT2D eigenvalue weighted by atomic mass is 9.77. The Labute approximate surface area is 184 Å². The molecule has 162 valence electrons. The standard InChI is InChI=1S/C25H32N6/c1-2-16(1)11-30-12-21(13-30)20-7-23(28-24-10-26-22(9-27-24)17-3-4-17)29-25(8-20)31-14-18-5-6-19(18)15-31/h7-10,16-19,21H,1-6,11-15H2,(H,27,28,29). The molecule has 3 saturated carbocycles. The molecule has 2 aliphatic heterocycles. The predicted octanol–water partition coefficient (Wildman–Crippen LogP) is 4.15. The fourth-order valence-corrected chi connectivity index (χ4v) is 5.66. The summed E-state index contributed by atoms with van der Waals surface area (Å²) in [6.45, 7) is 6.04. The van der Waals surface area contributed by atoms with Crippen LogP contribution in [0.3, 0.4) is 0 Å². The Kier molecular flexibility index (Phi) is 4.24. The molecule has 1 N–H and O–H groups in total. The first-order valence-electron chi connectivity index (χ1n) is 12.3. The van der Waals surface area contributed by atoms with Gasteiger partial charge in [0.1, 0.15) is 17.5 Å². The molecule has 0 bridgehead atoms. The third kappa shape index (κ3) is 3.69. The highest BCUT2D eigenvalue weighted by atomic mass is 15.2. The summed E-state index contributed by atoms with van der Waals surface area (Å²) >= 11 is 0. The highest BCUT2D eigenvalue weighted by molar-refractivity contribution is 5.58. The average molecular weight is 417 g/mol. The lowest BCUT2D eigenvalue weighted by Gasteiger charge is -2.40. The Hall–Kier alpha value is -2.21. The van der Waals surface area contributed by atoms with Gasteiger partial charge in [0.2, 0.25) is 0 Å². The van der Waals surface area contributed by atoms with Crippen LogP contribution in [0.4, 0.5) is 17.5 Å². The van der Waals surface area contributed by atoms with Gasteiger partial charge in [-0.25, -0.2) is 9.97 Å². The van der Waals surface area contributed by atoms with E-state index in [0.29, 0.717) is 11.8 Å². The molecule has 2 atom stereocenters. The predicted molar refractivity (Wildman–Crippen MR) is 122 cm³/mol. The molecule has 2 saturated heterocycles. The highest BCUT2D eigenvalue weighted by Crippen LogP contribution is 2.43. The van der Waals surface area contributed by atoms with E-state index in [0.717, 1.165) is 40.9 Å². The largest absolute Gasteiger partial charge is 0.356 e. The van der Waals surface area contributed by atoms with Crippen molar-refractivity contribution in [2.75, 3.05) is 42.9 Å². The number of nitrogens with zero attached hydrogens (tertiary/aromatic N) is 5. The minimum absolute atomic E-state index is 0.628. The number of hydrogen-bond donors (Lipinski definition) is 1. The Balaban J connectivity index is 1.12.